The second kappa shape index (κ2) is 4.22. The molecule has 0 radical (unpaired) electrons. The van der Waals surface area contributed by atoms with E-state index in [1.54, 1.807) is 0 Å². The Morgan fingerprint density at radius 1 is 1.25 bits per heavy atom. The predicted octanol–water partition coefficient (Wildman–Crippen LogP) is 3.15. The molecule has 3 fully saturated rings. The lowest BCUT2D eigenvalue weighted by molar-refractivity contribution is -0.150. The third-order valence-electron chi connectivity index (χ3n) is 7.17. The van der Waals surface area contributed by atoms with Crippen LogP contribution < -0.4 is 0 Å². The van der Waals surface area contributed by atoms with Crippen molar-refractivity contribution in [1.29, 1.82) is 0 Å². The van der Waals surface area contributed by atoms with Crippen LogP contribution in [-0.2, 0) is 9.53 Å². The largest absolute Gasteiger partial charge is 0.465 e. The van der Waals surface area contributed by atoms with Gasteiger partial charge in [-0.25, -0.2) is 0 Å². The van der Waals surface area contributed by atoms with E-state index < -0.39 is 5.60 Å². The zero-order valence-corrected chi connectivity index (χ0v) is 13.2. The predicted molar refractivity (Wildman–Crippen MR) is 77.0 cm³/mol. The smallest absolute Gasteiger partial charge is 0.302 e. The summed E-state index contributed by atoms with van der Waals surface area (Å²) in [4.78, 5) is 11.3. The number of hydrogen-bond donors (Lipinski definition) is 1. The molecule has 3 rings (SSSR count). The molecule has 0 heterocycles. The van der Waals surface area contributed by atoms with Crippen LogP contribution in [-0.4, -0.2) is 23.3 Å². The molecule has 1 unspecified atom stereocenters. The van der Waals surface area contributed by atoms with Crippen LogP contribution in [0.1, 0.15) is 59.8 Å². The first-order valence-corrected chi connectivity index (χ1v) is 8.08. The van der Waals surface area contributed by atoms with E-state index in [0.717, 1.165) is 25.2 Å². The summed E-state index contributed by atoms with van der Waals surface area (Å²) < 4.78 is 5.42. The highest BCUT2D eigenvalue weighted by Crippen LogP contribution is 2.73. The van der Waals surface area contributed by atoms with Gasteiger partial charge >= 0.3 is 5.97 Å². The number of aliphatic hydroxyl groups is 1. The summed E-state index contributed by atoms with van der Waals surface area (Å²) in [5.74, 6) is 1.40. The minimum atomic E-state index is -0.607. The van der Waals surface area contributed by atoms with Crippen LogP contribution in [0.15, 0.2) is 0 Å². The summed E-state index contributed by atoms with van der Waals surface area (Å²) >= 11 is 0. The molecule has 0 saturated heterocycles. The van der Waals surface area contributed by atoms with Crippen molar-refractivity contribution in [2.45, 2.75) is 65.4 Å². The van der Waals surface area contributed by atoms with Gasteiger partial charge < -0.3 is 9.84 Å². The summed E-state index contributed by atoms with van der Waals surface area (Å²) in [7, 11) is 0. The van der Waals surface area contributed by atoms with Crippen LogP contribution in [0.3, 0.4) is 0 Å². The summed E-state index contributed by atoms with van der Waals surface area (Å²) in [6.45, 7) is 8.58. The maximum absolute atomic E-state index is 11.3. The SMILES string of the molecule is CC(=O)OCC1(C)[C@H]2CC[C@@H](C)[C@@]23CC[C@@](C)(O)[C@@H]1C3. The fourth-order valence-electron chi connectivity index (χ4n) is 6.09. The van der Waals surface area contributed by atoms with E-state index in [9.17, 15) is 9.90 Å². The van der Waals surface area contributed by atoms with Gasteiger partial charge in [0.1, 0.15) is 0 Å². The quantitative estimate of drug-likeness (QED) is 0.790. The third kappa shape index (κ3) is 1.71. The van der Waals surface area contributed by atoms with Crippen LogP contribution in [0.2, 0.25) is 0 Å². The van der Waals surface area contributed by atoms with Crippen LogP contribution in [0.4, 0.5) is 0 Å². The maximum Gasteiger partial charge on any atom is 0.302 e. The molecule has 3 nitrogen and oxygen atoms in total. The molecular weight excluding hydrogens is 252 g/mol. The zero-order valence-electron chi connectivity index (χ0n) is 13.2. The van der Waals surface area contributed by atoms with Crippen molar-refractivity contribution < 1.29 is 14.6 Å². The molecule has 20 heavy (non-hydrogen) atoms. The molecule has 114 valence electrons. The number of hydrogen-bond acceptors (Lipinski definition) is 3. The molecule has 1 N–H and O–H groups in total. The van der Waals surface area contributed by atoms with Gasteiger partial charge in [-0.15, -0.1) is 0 Å². The lowest BCUT2D eigenvalue weighted by atomic mass is 9.64. The zero-order chi connectivity index (χ0) is 14.8. The standard InChI is InChI=1S/C17H28O3/c1-11-5-6-13-15(3,10-20-12(2)18)14-9-17(11,13)8-7-16(14,4)19/h11,13-14,19H,5-10H2,1-4H3/t11-,13-,14-,15?,16-,17+/m1/s1. The molecule has 0 aromatic heterocycles. The van der Waals surface area contributed by atoms with Gasteiger partial charge in [0, 0.05) is 12.3 Å². The molecule has 2 bridgehead atoms. The van der Waals surface area contributed by atoms with Gasteiger partial charge in [0.25, 0.3) is 0 Å². The van der Waals surface area contributed by atoms with Gasteiger partial charge in [0.05, 0.1) is 12.2 Å². The Morgan fingerprint density at radius 2 is 1.95 bits per heavy atom. The minimum absolute atomic E-state index is 0.0591. The van der Waals surface area contributed by atoms with E-state index in [1.165, 1.54) is 19.8 Å². The van der Waals surface area contributed by atoms with Crippen LogP contribution >= 0.6 is 0 Å². The normalized spacial score (nSPS) is 53.8. The topological polar surface area (TPSA) is 46.5 Å². The number of ether oxygens (including phenoxy) is 1. The molecule has 1 spiro atoms. The van der Waals surface area contributed by atoms with E-state index in [1.807, 2.05) is 6.92 Å². The first-order valence-electron chi connectivity index (χ1n) is 8.08. The highest BCUT2D eigenvalue weighted by atomic mass is 16.5. The van der Waals surface area contributed by atoms with Crippen LogP contribution in [0.25, 0.3) is 0 Å². The number of esters is 1. The van der Waals surface area contributed by atoms with Crippen molar-refractivity contribution in [2.24, 2.45) is 28.6 Å². The van der Waals surface area contributed by atoms with Crippen LogP contribution in [0, 0.1) is 28.6 Å². The van der Waals surface area contributed by atoms with Crippen molar-refractivity contribution in [1.82, 2.24) is 0 Å². The van der Waals surface area contributed by atoms with Crippen LogP contribution in [0.5, 0.6) is 0 Å². The summed E-state index contributed by atoms with van der Waals surface area (Å²) in [5.41, 5.74) is -0.275. The second-order valence-electron chi connectivity index (χ2n) is 8.16. The molecule has 6 atom stereocenters. The molecular formula is C17H28O3. The number of carbonyl (C=O) groups is 1. The third-order valence-corrected chi connectivity index (χ3v) is 7.17. The first-order chi connectivity index (χ1) is 9.22. The van der Waals surface area contributed by atoms with Crippen molar-refractivity contribution in [3.05, 3.63) is 0 Å². The van der Waals surface area contributed by atoms with Crippen molar-refractivity contribution in [3.63, 3.8) is 0 Å². The molecule has 0 aromatic rings. The van der Waals surface area contributed by atoms with E-state index >= 15 is 0 Å². The Hall–Kier alpha value is -0.570. The number of rotatable bonds is 2. The van der Waals surface area contributed by atoms with E-state index in [4.69, 9.17) is 4.74 Å². The van der Waals surface area contributed by atoms with Crippen molar-refractivity contribution >= 4 is 5.97 Å². The molecule has 0 aromatic carbocycles. The molecule has 0 amide bonds. The average Bonchev–Trinajstić information content (AvgIpc) is 2.79. The Balaban J connectivity index is 1.97. The highest BCUT2D eigenvalue weighted by Gasteiger charge is 2.69. The summed E-state index contributed by atoms with van der Waals surface area (Å²) in [6.07, 6.45) is 5.66. The lowest BCUT2D eigenvalue weighted by Gasteiger charge is -2.44. The fourth-order valence-corrected chi connectivity index (χ4v) is 6.09. The monoisotopic (exact) mass is 280 g/mol. The van der Waals surface area contributed by atoms with Crippen molar-refractivity contribution in [2.75, 3.05) is 6.61 Å². The van der Waals surface area contributed by atoms with Gasteiger partial charge in [0.15, 0.2) is 0 Å². The van der Waals surface area contributed by atoms with Crippen molar-refractivity contribution in [3.8, 4) is 0 Å². The van der Waals surface area contributed by atoms with Gasteiger partial charge in [0.2, 0.25) is 0 Å². The van der Waals surface area contributed by atoms with E-state index in [-0.39, 0.29) is 17.3 Å². The minimum Gasteiger partial charge on any atom is -0.465 e. The molecule has 0 aliphatic heterocycles. The van der Waals surface area contributed by atoms with Gasteiger partial charge in [-0.3, -0.25) is 4.79 Å². The lowest BCUT2D eigenvalue weighted by Crippen LogP contribution is -2.46. The van der Waals surface area contributed by atoms with E-state index in [0.29, 0.717) is 17.9 Å². The summed E-state index contributed by atoms with van der Waals surface area (Å²) in [6, 6.07) is 0. The van der Waals surface area contributed by atoms with Gasteiger partial charge in [-0.2, -0.15) is 0 Å². The Morgan fingerprint density at radius 3 is 2.60 bits per heavy atom. The first kappa shape index (κ1) is 14.4. The molecule has 3 saturated carbocycles. The fraction of sp³-hybridized carbons (Fsp3) is 0.941. The van der Waals surface area contributed by atoms with Gasteiger partial charge in [-0.05, 0) is 62.2 Å². The molecule has 3 aliphatic rings. The molecule has 3 aliphatic carbocycles. The summed E-state index contributed by atoms with van der Waals surface area (Å²) in [5, 5.41) is 10.9. The number of fused-ring (bicyclic) bond motifs is 1. The van der Waals surface area contributed by atoms with E-state index in [2.05, 4.69) is 13.8 Å². The average molecular weight is 280 g/mol. The second-order valence-corrected chi connectivity index (χ2v) is 8.16. The Labute approximate surface area is 122 Å². The van der Waals surface area contributed by atoms with Gasteiger partial charge in [-0.1, -0.05) is 13.8 Å². The maximum atomic E-state index is 11.3. The number of carbonyl (C=O) groups excluding carboxylic acids is 1. The highest BCUT2D eigenvalue weighted by molar-refractivity contribution is 5.65. The Kier molecular flexibility index (Phi) is 3.03. The Bertz CT molecular complexity index is 426. The molecule has 3 heteroatoms.